The summed E-state index contributed by atoms with van der Waals surface area (Å²) in [6, 6.07) is 21.7. The van der Waals surface area contributed by atoms with Crippen molar-refractivity contribution >= 4 is 50.7 Å². The molecule has 0 radical (unpaired) electrons. The van der Waals surface area contributed by atoms with E-state index >= 15 is 0 Å². The van der Waals surface area contributed by atoms with Crippen LogP contribution in [0.2, 0.25) is 5.02 Å². The van der Waals surface area contributed by atoms with Gasteiger partial charge in [-0.1, -0.05) is 42.8 Å². The Morgan fingerprint density at radius 3 is 2.35 bits per heavy atom. The SMILES string of the molecule is CCCOc1ccc(N(CC(=O)Nc2ccccc2SCc2ccc(Cl)cc2)S(C)(=O)=O)cc1. The average molecular weight is 519 g/mol. The van der Waals surface area contributed by atoms with E-state index in [-0.39, 0.29) is 6.54 Å². The summed E-state index contributed by atoms with van der Waals surface area (Å²) in [5, 5.41) is 3.54. The molecule has 3 aromatic carbocycles. The van der Waals surface area contributed by atoms with Gasteiger partial charge in [0.15, 0.2) is 0 Å². The Kier molecular flexibility index (Phi) is 9.27. The summed E-state index contributed by atoms with van der Waals surface area (Å²) < 4.78 is 31.5. The summed E-state index contributed by atoms with van der Waals surface area (Å²) in [5.74, 6) is 0.915. The highest BCUT2D eigenvalue weighted by molar-refractivity contribution is 7.98. The number of nitrogens with zero attached hydrogens (tertiary/aromatic N) is 1. The van der Waals surface area contributed by atoms with Gasteiger partial charge in [0.05, 0.1) is 24.2 Å². The molecule has 9 heteroatoms. The van der Waals surface area contributed by atoms with Crippen molar-refractivity contribution in [2.45, 2.75) is 24.0 Å². The minimum atomic E-state index is -3.68. The second kappa shape index (κ2) is 12.1. The first-order chi connectivity index (χ1) is 16.3. The molecule has 0 unspecified atom stereocenters. The Bertz CT molecular complexity index is 1200. The maximum atomic E-state index is 12.8. The minimum absolute atomic E-state index is 0.343. The number of ether oxygens (including phenoxy) is 1. The molecule has 0 aliphatic heterocycles. The zero-order chi connectivity index (χ0) is 24.6. The van der Waals surface area contributed by atoms with Gasteiger partial charge in [-0.2, -0.15) is 0 Å². The van der Waals surface area contributed by atoms with Crippen LogP contribution in [-0.4, -0.2) is 33.7 Å². The number of thioether (sulfide) groups is 1. The Balaban J connectivity index is 1.69. The highest BCUT2D eigenvalue weighted by Gasteiger charge is 2.21. The molecule has 0 aromatic heterocycles. The van der Waals surface area contributed by atoms with Gasteiger partial charge in [0.1, 0.15) is 12.3 Å². The lowest BCUT2D eigenvalue weighted by molar-refractivity contribution is -0.114. The van der Waals surface area contributed by atoms with E-state index in [0.29, 0.717) is 34.5 Å². The molecule has 0 saturated heterocycles. The molecule has 0 atom stereocenters. The van der Waals surface area contributed by atoms with Crippen molar-refractivity contribution in [1.82, 2.24) is 0 Å². The molecule has 0 aliphatic carbocycles. The van der Waals surface area contributed by atoms with Crippen LogP contribution >= 0.6 is 23.4 Å². The maximum absolute atomic E-state index is 12.8. The Morgan fingerprint density at radius 2 is 1.71 bits per heavy atom. The number of benzene rings is 3. The lowest BCUT2D eigenvalue weighted by Gasteiger charge is -2.22. The monoisotopic (exact) mass is 518 g/mol. The summed E-state index contributed by atoms with van der Waals surface area (Å²) in [5.41, 5.74) is 2.13. The fourth-order valence-corrected chi connectivity index (χ4v) is 5.03. The van der Waals surface area contributed by atoms with Crippen LogP contribution in [-0.2, 0) is 20.6 Å². The summed E-state index contributed by atoms with van der Waals surface area (Å²) in [4.78, 5) is 13.7. The standard InChI is InChI=1S/C25H27ClN2O4S2/c1-3-16-32-22-14-12-21(13-15-22)28(34(2,30)31)17-25(29)27-23-6-4-5-7-24(23)33-18-19-8-10-20(26)11-9-19/h4-15H,3,16-18H2,1-2H3,(H,27,29). The molecule has 3 aromatic rings. The highest BCUT2D eigenvalue weighted by atomic mass is 35.5. The van der Waals surface area contributed by atoms with Crippen molar-refractivity contribution in [2.75, 3.05) is 29.0 Å². The van der Waals surface area contributed by atoms with Crippen LogP contribution in [0.3, 0.4) is 0 Å². The van der Waals surface area contributed by atoms with Gasteiger partial charge in [0, 0.05) is 15.7 Å². The Labute approximate surface area is 210 Å². The smallest absolute Gasteiger partial charge is 0.245 e. The average Bonchev–Trinajstić information content (AvgIpc) is 2.81. The highest BCUT2D eigenvalue weighted by Crippen LogP contribution is 2.30. The van der Waals surface area contributed by atoms with Crippen molar-refractivity contribution < 1.29 is 17.9 Å². The van der Waals surface area contributed by atoms with E-state index in [0.717, 1.165) is 27.4 Å². The number of hydrogen-bond donors (Lipinski definition) is 1. The van der Waals surface area contributed by atoms with Crippen LogP contribution in [0.25, 0.3) is 0 Å². The first-order valence-electron chi connectivity index (χ1n) is 10.7. The number of anilines is 2. The molecule has 0 heterocycles. The van der Waals surface area contributed by atoms with Gasteiger partial charge in [-0.05, 0) is 60.5 Å². The van der Waals surface area contributed by atoms with Crippen molar-refractivity contribution in [3.63, 3.8) is 0 Å². The largest absolute Gasteiger partial charge is 0.494 e. The van der Waals surface area contributed by atoms with Gasteiger partial charge < -0.3 is 10.1 Å². The normalized spacial score (nSPS) is 11.1. The number of halogens is 1. The molecule has 6 nitrogen and oxygen atoms in total. The predicted molar refractivity (Wildman–Crippen MR) is 141 cm³/mol. The molecule has 0 spiro atoms. The summed E-state index contributed by atoms with van der Waals surface area (Å²) in [7, 11) is -3.68. The van der Waals surface area contributed by atoms with Crippen LogP contribution in [0.15, 0.2) is 77.7 Å². The zero-order valence-corrected chi connectivity index (χ0v) is 21.4. The molecule has 0 bridgehead atoms. The molecule has 1 amide bonds. The second-order valence-electron chi connectivity index (χ2n) is 7.57. The molecule has 3 rings (SSSR count). The van der Waals surface area contributed by atoms with Gasteiger partial charge >= 0.3 is 0 Å². The summed E-state index contributed by atoms with van der Waals surface area (Å²) in [6.45, 7) is 2.24. The number of carbonyl (C=O) groups excluding carboxylic acids is 1. The van der Waals surface area contributed by atoms with Crippen molar-refractivity contribution in [3.8, 4) is 5.75 Å². The number of amides is 1. The number of para-hydroxylation sites is 1. The quantitative estimate of drug-likeness (QED) is 0.323. The summed E-state index contributed by atoms with van der Waals surface area (Å²) >= 11 is 7.52. The van der Waals surface area contributed by atoms with Crippen LogP contribution in [0.1, 0.15) is 18.9 Å². The second-order valence-corrected chi connectivity index (χ2v) is 10.9. The van der Waals surface area contributed by atoms with Crippen LogP contribution < -0.4 is 14.4 Å². The minimum Gasteiger partial charge on any atom is -0.494 e. The van der Waals surface area contributed by atoms with Crippen molar-refractivity contribution in [2.24, 2.45) is 0 Å². The third kappa shape index (κ3) is 7.68. The van der Waals surface area contributed by atoms with Gasteiger partial charge in [0.2, 0.25) is 15.9 Å². The van der Waals surface area contributed by atoms with Crippen LogP contribution in [0.4, 0.5) is 11.4 Å². The van der Waals surface area contributed by atoms with Gasteiger partial charge in [-0.15, -0.1) is 11.8 Å². The number of carbonyl (C=O) groups is 1. The van der Waals surface area contributed by atoms with Gasteiger partial charge in [-0.3, -0.25) is 9.10 Å². The molecule has 34 heavy (non-hydrogen) atoms. The van der Waals surface area contributed by atoms with E-state index in [1.807, 2.05) is 49.4 Å². The van der Waals surface area contributed by atoms with E-state index in [9.17, 15) is 13.2 Å². The Morgan fingerprint density at radius 1 is 1.03 bits per heavy atom. The molecule has 0 aliphatic rings. The van der Waals surface area contributed by atoms with E-state index in [1.165, 1.54) is 0 Å². The number of rotatable bonds is 11. The fourth-order valence-electron chi connectivity index (χ4n) is 3.09. The van der Waals surface area contributed by atoms with Crippen molar-refractivity contribution in [1.29, 1.82) is 0 Å². The van der Waals surface area contributed by atoms with Gasteiger partial charge in [0.25, 0.3) is 0 Å². The molecular weight excluding hydrogens is 492 g/mol. The number of sulfonamides is 1. The van der Waals surface area contributed by atoms with Crippen LogP contribution in [0.5, 0.6) is 5.75 Å². The zero-order valence-electron chi connectivity index (χ0n) is 19.0. The maximum Gasteiger partial charge on any atom is 0.245 e. The van der Waals surface area contributed by atoms with Crippen LogP contribution in [0, 0.1) is 0 Å². The molecule has 1 N–H and O–H groups in total. The number of nitrogens with one attached hydrogen (secondary N) is 1. The third-order valence-electron chi connectivity index (χ3n) is 4.75. The lowest BCUT2D eigenvalue weighted by atomic mass is 10.2. The topological polar surface area (TPSA) is 75.7 Å². The van der Waals surface area contributed by atoms with Crippen molar-refractivity contribution in [3.05, 3.63) is 83.4 Å². The molecule has 0 saturated carbocycles. The lowest BCUT2D eigenvalue weighted by Crippen LogP contribution is -2.37. The molecular formula is C25H27ClN2O4S2. The fraction of sp³-hybridized carbons (Fsp3) is 0.240. The van der Waals surface area contributed by atoms with E-state index < -0.39 is 15.9 Å². The van der Waals surface area contributed by atoms with Gasteiger partial charge in [-0.25, -0.2) is 8.42 Å². The van der Waals surface area contributed by atoms with E-state index in [1.54, 1.807) is 42.1 Å². The van der Waals surface area contributed by atoms with E-state index in [2.05, 4.69) is 5.32 Å². The first kappa shape index (κ1) is 25.9. The Hall–Kier alpha value is -2.68. The summed E-state index contributed by atoms with van der Waals surface area (Å²) in [6.07, 6.45) is 1.95. The number of hydrogen-bond acceptors (Lipinski definition) is 5. The third-order valence-corrected chi connectivity index (χ3v) is 7.29. The first-order valence-corrected chi connectivity index (χ1v) is 13.9. The van der Waals surface area contributed by atoms with E-state index in [4.69, 9.17) is 16.3 Å². The molecule has 0 fully saturated rings. The molecule has 180 valence electrons. The predicted octanol–water partition coefficient (Wildman–Crippen LogP) is 5.83.